The molecule has 0 bridgehead atoms. The molecule has 0 radical (unpaired) electrons. The molecule has 6 heteroatoms. The summed E-state index contributed by atoms with van der Waals surface area (Å²) in [4.78, 5) is 19.6. The number of aromatic carboxylic acids is 1. The lowest BCUT2D eigenvalue weighted by molar-refractivity contribution is 0.0696. The second kappa shape index (κ2) is 8.10. The Labute approximate surface area is 195 Å². The van der Waals surface area contributed by atoms with Crippen LogP contribution in [0.15, 0.2) is 36.5 Å². The molecule has 6 nitrogen and oxygen atoms in total. The van der Waals surface area contributed by atoms with Gasteiger partial charge in [0, 0.05) is 55.0 Å². The fourth-order valence-corrected chi connectivity index (χ4v) is 5.63. The highest BCUT2D eigenvalue weighted by Crippen LogP contribution is 2.59. The van der Waals surface area contributed by atoms with Crippen LogP contribution in [0.25, 0.3) is 10.9 Å². The Hall–Kier alpha value is -2.99. The van der Waals surface area contributed by atoms with Crippen molar-refractivity contribution in [1.29, 1.82) is 0 Å². The van der Waals surface area contributed by atoms with E-state index in [1.54, 1.807) is 13.2 Å². The number of anilines is 1. The minimum Gasteiger partial charge on any atom is -0.496 e. The Kier molecular flexibility index (Phi) is 5.36. The van der Waals surface area contributed by atoms with Gasteiger partial charge >= 0.3 is 5.97 Å². The molecule has 2 fully saturated rings. The molecule has 174 valence electrons. The summed E-state index contributed by atoms with van der Waals surface area (Å²) in [5.74, 6) is 0.0437. The summed E-state index contributed by atoms with van der Waals surface area (Å²) >= 11 is 0. The van der Waals surface area contributed by atoms with Crippen LogP contribution in [0.2, 0.25) is 0 Å². The number of carboxylic acids is 1. The minimum atomic E-state index is -0.886. The molecule has 1 saturated carbocycles. The molecular formula is C27H33N3O3. The van der Waals surface area contributed by atoms with Crippen molar-refractivity contribution in [2.24, 2.45) is 5.41 Å². The van der Waals surface area contributed by atoms with Crippen LogP contribution in [0, 0.1) is 12.3 Å². The first-order chi connectivity index (χ1) is 15.8. The second-order valence-corrected chi connectivity index (χ2v) is 10.1. The monoisotopic (exact) mass is 447 g/mol. The van der Waals surface area contributed by atoms with Gasteiger partial charge in [0.15, 0.2) is 0 Å². The molecule has 2 aliphatic rings. The van der Waals surface area contributed by atoms with Crippen molar-refractivity contribution in [1.82, 2.24) is 9.88 Å². The van der Waals surface area contributed by atoms with Gasteiger partial charge in [0.2, 0.25) is 0 Å². The van der Waals surface area contributed by atoms with Gasteiger partial charge in [-0.15, -0.1) is 0 Å². The van der Waals surface area contributed by atoms with E-state index in [0.29, 0.717) is 11.0 Å². The molecule has 1 aliphatic carbocycles. The van der Waals surface area contributed by atoms with E-state index in [1.807, 2.05) is 37.3 Å². The van der Waals surface area contributed by atoms with Gasteiger partial charge < -0.3 is 19.7 Å². The lowest BCUT2D eigenvalue weighted by Gasteiger charge is -2.42. The van der Waals surface area contributed by atoms with Crippen LogP contribution < -0.4 is 9.64 Å². The summed E-state index contributed by atoms with van der Waals surface area (Å²) in [7, 11) is 5.74. The number of piperidine rings is 1. The molecule has 5 rings (SSSR count). The van der Waals surface area contributed by atoms with E-state index in [1.165, 1.54) is 41.3 Å². The average molecular weight is 448 g/mol. The van der Waals surface area contributed by atoms with Gasteiger partial charge in [0.25, 0.3) is 0 Å². The van der Waals surface area contributed by atoms with Gasteiger partial charge in [-0.25, -0.2) is 4.79 Å². The number of hydrogen-bond acceptors (Lipinski definition) is 4. The Morgan fingerprint density at radius 3 is 2.70 bits per heavy atom. The summed E-state index contributed by atoms with van der Waals surface area (Å²) in [5.41, 5.74) is 6.55. The standard InChI is InChI=1S/C27H33N3O3/c1-17-13-24(33-4)21(19-7-11-28-25(17)19)16-30-12-10-27(8-9-27)15-23(30)20-6-5-18(26(31)32)14-22(20)29(2)3/h5-7,11,13-14,23,28H,8-10,12,15-16H2,1-4H3,(H,31,32). The molecule has 2 aromatic carbocycles. The molecule has 3 aromatic rings. The largest absolute Gasteiger partial charge is 0.496 e. The Bertz CT molecular complexity index is 1210. The van der Waals surface area contributed by atoms with Crippen LogP contribution in [0.3, 0.4) is 0 Å². The molecular weight excluding hydrogens is 414 g/mol. The fourth-order valence-electron chi connectivity index (χ4n) is 5.63. The Balaban J connectivity index is 1.57. The van der Waals surface area contributed by atoms with E-state index in [0.717, 1.165) is 36.5 Å². The molecule has 2 N–H and O–H groups in total. The zero-order chi connectivity index (χ0) is 23.3. The molecule has 2 heterocycles. The third kappa shape index (κ3) is 3.86. The van der Waals surface area contributed by atoms with Crippen LogP contribution in [0.1, 0.15) is 58.8 Å². The van der Waals surface area contributed by atoms with E-state index in [2.05, 4.69) is 28.9 Å². The molecule has 1 saturated heterocycles. The molecule has 0 amide bonds. The van der Waals surface area contributed by atoms with Crippen molar-refractivity contribution in [2.45, 2.75) is 45.2 Å². The van der Waals surface area contributed by atoms with Gasteiger partial charge in [-0.05, 0) is 80.0 Å². The van der Waals surface area contributed by atoms with Crippen molar-refractivity contribution in [2.75, 3.05) is 32.6 Å². The van der Waals surface area contributed by atoms with Crippen molar-refractivity contribution in [3.8, 4) is 5.75 Å². The lowest BCUT2D eigenvalue weighted by Crippen LogP contribution is -2.38. The maximum Gasteiger partial charge on any atom is 0.335 e. The Morgan fingerprint density at radius 1 is 1.24 bits per heavy atom. The first-order valence-electron chi connectivity index (χ1n) is 11.7. The van der Waals surface area contributed by atoms with Crippen LogP contribution in [-0.4, -0.2) is 48.7 Å². The highest BCUT2D eigenvalue weighted by atomic mass is 16.5. The number of H-pyrrole nitrogens is 1. The number of nitrogens with zero attached hydrogens (tertiary/aromatic N) is 2. The van der Waals surface area contributed by atoms with E-state index < -0.39 is 5.97 Å². The zero-order valence-electron chi connectivity index (χ0n) is 19.9. The summed E-state index contributed by atoms with van der Waals surface area (Å²) in [6.45, 7) is 3.94. The smallest absolute Gasteiger partial charge is 0.335 e. The van der Waals surface area contributed by atoms with E-state index in [4.69, 9.17) is 4.74 Å². The van der Waals surface area contributed by atoms with Gasteiger partial charge in [0.05, 0.1) is 12.7 Å². The van der Waals surface area contributed by atoms with E-state index >= 15 is 0 Å². The third-order valence-corrected chi connectivity index (χ3v) is 7.76. The van der Waals surface area contributed by atoms with Crippen LogP contribution in [0.4, 0.5) is 5.69 Å². The van der Waals surface area contributed by atoms with Crippen molar-refractivity contribution in [3.63, 3.8) is 0 Å². The van der Waals surface area contributed by atoms with E-state index in [-0.39, 0.29) is 6.04 Å². The first kappa shape index (κ1) is 21.8. The van der Waals surface area contributed by atoms with Crippen LogP contribution in [-0.2, 0) is 6.54 Å². The minimum absolute atomic E-state index is 0.237. The van der Waals surface area contributed by atoms with Gasteiger partial charge in [-0.1, -0.05) is 6.07 Å². The lowest BCUT2D eigenvalue weighted by atomic mass is 9.83. The van der Waals surface area contributed by atoms with Gasteiger partial charge in [0.1, 0.15) is 5.75 Å². The number of rotatable bonds is 6. The number of aryl methyl sites for hydroxylation is 1. The highest BCUT2D eigenvalue weighted by Gasteiger charge is 2.48. The first-order valence-corrected chi connectivity index (χ1v) is 11.7. The summed E-state index contributed by atoms with van der Waals surface area (Å²) in [5, 5.41) is 10.8. The maximum atomic E-state index is 11.6. The normalized spacial score (nSPS) is 19.7. The number of likely N-dealkylation sites (tertiary alicyclic amines) is 1. The van der Waals surface area contributed by atoms with Crippen molar-refractivity contribution < 1.29 is 14.6 Å². The topological polar surface area (TPSA) is 68.8 Å². The molecule has 1 aromatic heterocycles. The van der Waals surface area contributed by atoms with Gasteiger partial charge in [-0.3, -0.25) is 4.90 Å². The number of aromatic amines is 1. The number of ether oxygens (including phenoxy) is 1. The second-order valence-electron chi connectivity index (χ2n) is 10.1. The number of benzene rings is 2. The van der Waals surface area contributed by atoms with Crippen LogP contribution >= 0.6 is 0 Å². The molecule has 1 aliphatic heterocycles. The van der Waals surface area contributed by atoms with Crippen molar-refractivity contribution >= 4 is 22.6 Å². The number of carboxylic acid groups (broad SMARTS) is 1. The average Bonchev–Trinajstić information content (AvgIpc) is 3.35. The highest BCUT2D eigenvalue weighted by molar-refractivity contribution is 5.89. The Morgan fingerprint density at radius 2 is 2.03 bits per heavy atom. The fraction of sp³-hybridized carbons (Fsp3) is 0.444. The predicted octanol–water partition coefficient (Wildman–Crippen LogP) is 5.37. The number of nitrogens with one attached hydrogen (secondary N) is 1. The quantitative estimate of drug-likeness (QED) is 0.532. The molecule has 1 atom stereocenters. The molecule has 1 unspecified atom stereocenters. The number of hydrogen-bond donors (Lipinski definition) is 2. The van der Waals surface area contributed by atoms with Gasteiger partial charge in [-0.2, -0.15) is 0 Å². The summed E-state index contributed by atoms with van der Waals surface area (Å²) in [6.07, 6.45) is 6.95. The SMILES string of the molecule is COc1cc(C)c2[nH]ccc2c1CN1CCC2(CC2)CC1c1ccc(C(=O)O)cc1N(C)C. The maximum absolute atomic E-state index is 11.6. The zero-order valence-corrected chi connectivity index (χ0v) is 19.9. The van der Waals surface area contributed by atoms with E-state index in [9.17, 15) is 9.90 Å². The number of fused-ring (bicyclic) bond motifs is 1. The molecule has 1 spiro atoms. The molecule has 33 heavy (non-hydrogen) atoms. The number of aromatic nitrogens is 1. The third-order valence-electron chi connectivity index (χ3n) is 7.76. The van der Waals surface area contributed by atoms with Crippen LogP contribution in [0.5, 0.6) is 5.75 Å². The predicted molar refractivity (Wildman–Crippen MR) is 131 cm³/mol. The summed E-state index contributed by atoms with van der Waals surface area (Å²) in [6, 6.07) is 10.1. The summed E-state index contributed by atoms with van der Waals surface area (Å²) < 4.78 is 5.83. The number of carbonyl (C=O) groups is 1. The number of methoxy groups -OCH3 is 1. The van der Waals surface area contributed by atoms with Crippen molar-refractivity contribution in [3.05, 3.63) is 58.8 Å².